The first-order valence-corrected chi connectivity index (χ1v) is 25.5. The third-order valence-corrected chi connectivity index (χ3v) is 15.3. The summed E-state index contributed by atoms with van der Waals surface area (Å²) < 4.78 is 139. The number of rotatable bonds is 10. The molecule has 0 amide bonds. The van der Waals surface area contributed by atoms with Gasteiger partial charge in [0.1, 0.15) is 0 Å². The maximum Gasteiger partial charge on any atom is 0.294 e. The van der Waals surface area contributed by atoms with E-state index in [1.165, 1.54) is 72.8 Å². The van der Waals surface area contributed by atoms with Crippen LogP contribution < -0.4 is 9.48 Å². The normalized spacial score (nSPS) is 16.6. The lowest BCUT2D eigenvalue weighted by Gasteiger charge is -2.29. The minimum Gasteiger partial charge on any atom is -0.312 e. The van der Waals surface area contributed by atoms with Crippen LogP contribution in [0.4, 0.5) is 22.7 Å². The Bertz CT molecular complexity index is 3520. The van der Waals surface area contributed by atoms with Crippen molar-refractivity contribution in [2.45, 2.75) is 58.1 Å². The van der Waals surface area contributed by atoms with E-state index in [9.17, 15) is 51.9 Å². The first-order chi connectivity index (χ1) is 30.3. The minimum absolute atomic E-state index is 0.322. The van der Waals surface area contributed by atoms with Gasteiger partial charge in [-0.3, -0.25) is 18.2 Å². The molecule has 2 heterocycles. The number of anilines is 2. The van der Waals surface area contributed by atoms with Crippen molar-refractivity contribution in [1.82, 2.24) is 4.58 Å². The molecule has 14 nitrogen and oxygen atoms in total. The van der Waals surface area contributed by atoms with Gasteiger partial charge < -0.3 is 4.90 Å². The highest BCUT2D eigenvalue weighted by Gasteiger charge is 2.46. The smallest absolute Gasteiger partial charge is 0.294 e. The molecule has 2 aliphatic rings. The Kier molecular flexibility index (Phi) is 11.1. The molecule has 0 spiro atoms. The van der Waals surface area contributed by atoms with E-state index in [1.54, 1.807) is 12.1 Å². The molecule has 0 aromatic heterocycles. The molecule has 0 unspecified atom stereocenters. The van der Waals surface area contributed by atoms with Gasteiger partial charge in [-0.2, -0.15) is 38.2 Å². The quantitative estimate of drug-likeness (QED) is 0.0744. The van der Waals surface area contributed by atoms with E-state index >= 15 is 0 Å². The molecule has 6 aromatic rings. The lowest BCUT2D eigenvalue weighted by Crippen LogP contribution is -2.28. The predicted molar refractivity (Wildman–Crippen MR) is 248 cm³/mol. The number of hydrogen-bond acceptors (Lipinski definition) is 9. The third-order valence-electron chi connectivity index (χ3n) is 11.8. The van der Waals surface area contributed by atoms with Gasteiger partial charge in [-0.05, 0) is 97.3 Å². The van der Waals surface area contributed by atoms with Crippen molar-refractivity contribution in [3.63, 3.8) is 0 Å². The van der Waals surface area contributed by atoms with Gasteiger partial charge >= 0.3 is 0 Å². The molecular weight excluding hydrogens is 913 g/mol. The van der Waals surface area contributed by atoms with Crippen molar-refractivity contribution in [2.75, 3.05) is 4.90 Å². The molecule has 0 bridgehead atoms. The van der Waals surface area contributed by atoms with Crippen LogP contribution in [0.15, 0.2) is 177 Å². The van der Waals surface area contributed by atoms with Crippen LogP contribution in [-0.2, 0) is 51.3 Å². The fourth-order valence-corrected chi connectivity index (χ4v) is 10.6. The second-order valence-corrected chi connectivity index (χ2v) is 22.2. The molecule has 0 radical (unpaired) electrons. The van der Waals surface area contributed by atoms with Crippen LogP contribution in [0.3, 0.4) is 0 Å². The molecule has 4 N–H and O–H groups in total. The number of para-hydroxylation sites is 2. The lowest BCUT2D eigenvalue weighted by atomic mass is 9.81. The van der Waals surface area contributed by atoms with Crippen LogP contribution in [0.25, 0.3) is 22.3 Å². The molecule has 6 aromatic carbocycles. The Morgan fingerprint density at radius 2 is 0.938 bits per heavy atom. The summed E-state index contributed by atoms with van der Waals surface area (Å²) in [6.45, 7) is 8.13. The Labute approximate surface area is 377 Å². The lowest BCUT2D eigenvalue weighted by molar-refractivity contribution is 0.481. The highest BCUT2D eigenvalue weighted by atomic mass is 32.2. The maximum absolute atomic E-state index is 12.5. The molecule has 18 heteroatoms. The summed E-state index contributed by atoms with van der Waals surface area (Å²) in [6.07, 6.45) is 5.71. The van der Waals surface area contributed by atoms with Crippen molar-refractivity contribution in [3.8, 4) is 22.3 Å². The summed E-state index contributed by atoms with van der Waals surface area (Å²) in [7, 11) is -18.5. The average Bonchev–Trinajstić information content (AvgIpc) is 3.60. The standard InChI is InChI=1S/C47H40N2O12S4/c1-46(2)38-10-5-7-12-42(38)48(40-26-24-34(64(56,57)58)28-36(40)30-16-20-32(21-17-30)62(50,51)52)44(46)14-9-15-45-47(3,4)39-11-6-8-13-43(39)49(45)41-27-25-35(65(59,60)61)29-37(41)31-18-22-33(23-19-31)63(53,54)55/h5-29H,1-4H3,(H3-,50,51,52,53,54,55,56,57,58,59,60,61)/p+1. The number of fused-ring (bicyclic) bond motifs is 2. The third kappa shape index (κ3) is 8.27. The summed E-state index contributed by atoms with van der Waals surface area (Å²) in [4.78, 5) is 0.425. The van der Waals surface area contributed by atoms with Crippen LogP contribution in [0, 0.1) is 0 Å². The van der Waals surface area contributed by atoms with Gasteiger partial charge in [-0.1, -0.05) is 80.6 Å². The Hall–Kier alpha value is -6.09. The van der Waals surface area contributed by atoms with Crippen molar-refractivity contribution < 1.29 is 51.9 Å². The Balaban J connectivity index is 1.35. The van der Waals surface area contributed by atoms with E-state index in [4.69, 9.17) is 0 Å². The Morgan fingerprint density at radius 1 is 0.477 bits per heavy atom. The average molecular weight is 954 g/mol. The summed E-state index contributed by atoms with van der Waals surface area (Å²) in [6, 6.07) is 34.0. The molecule has 0 saturated heterocycles. The largest absolute Gasteiger partial charge is 0.312 e. The van der Waals surface area contributed by atoms with E-state index < -0.39 is 61.1 Å². The zero-order chi connectivity index (χ0) is 47.1. The number of benzene rings is 6. The second kappa shape index (κ2) is 15.8. The maximum atomic E-state index is 12.5. The molecule has 8 rings (SSSR count). The van der Waals surface area contributed by atoms with Gasteiger partial charge in [0.2, 0.25) is 11.4 Å². The van der Waals surface area contributed by atoms with Gasteiger partial charge in [-0.25, -0.2) is 0 Å². The van der Waals surface area contributed by atoms with Crippen LogP contribution >= 0.6 is 0 Å². The van der Waals surface area contributed by atoms with E-state index in [2.05, 4.69) is 0 Å². The first kappa shape index (κ1) is 45.5. The molecule has 0 aliphatic carbocycles. The van der Waals surface area contributed by atoms with Crippen molar-refractivity contribution in [3.05, 3.63) is 169 Å². The van der Waals surface area contributed by atoms with Crippen molar-refractivity contribution in [2.24, 2.45) is 0 Å². The number of hydrogen-bond donors (Lipinski definition) is 4. The Morgan fingerprint density at radius 3 is 1.49 bits per heavy atom. The zero-order valence-electron chi connectivity index (χ0n) is 35.0. The van der Waals surface area contributed by atoms with E-state index in [0.29, 0.717) is 33.6 Å². The topological polar surface area (TPSA) is 224 Å². The highest BCUT2D eigenvalue weighted by Crippen LogP contribution is 2.53. The number of allylic oxidation sites excluding steroid dienone is 4. The molecule has 0 atom stereocenters. The summed E-state index contributed by atoms with van der Waals surface area (Å²) in [5, 5.41) is 0. The van der Waals surface area contributed by atoms with Gasteiger partial charge in [0.05, 0.1) is 36.2 Å². The van der Waals surface area contributed by atoms with Crippen molar-refractivity contribution >= 4 is 68.9 Å². The molecule has 0 fully saturated rings. The highest BCUT2D eigenvalue weighted by molar-refractivity contribution is 7.86. The van der Waals surface area contributed by atoms with Gasteiger partial charge in [0, 0.05) is 46.1 Å². The monoisotopic (exact) mass is 953 g/mol. The van der Waals surface area contributed by atoms with E-state index in [-0.39, 0.29) is 9.79 Å². The second-order valence-electron chi connectivity index (χ2n) is 16.6. The number of nitrogens with zero attached hydrogens (tertiary/aromatic N) is 2. The molecule has 65 heavy (non-hydrogen) atoms. The van der Waals surface area contributed by atoms with Crippen molar-refractivity contribution in [1.29, 1.82) is 0 Å². The summed E-state index contributed by atoms with van der Waals surface area (Å²) >= 11 is 0. The fourth-order valence-electron chi connectivity index (χ4n) is 8.62. The summed E-state index contributed by atoms with van der Waals surface area (Å²) in [5.74, 6) is 0. The first-order valence-electron chi connectivity index (χ1n) is 19.7. The van der Waals surface area contributed by atoms with Gasteiger partial charge in [0.15, 0.2) is 5.71 Å². The van der Waals surface area contributed by atoms with Crippen LogP contribution in [0.2, 0.25) is 0 Å². The van der Waals surface area contributed by atoms with Crippen LogP contribution in [0.1, 0.15) is 38.8 Å². The molecule has 0 saturated carbocycles. The van der Waals surface area contributed by atoms with Gasteiger partial charge in [0.25, 0.3) is 40.5 Å². The van der Waals surface area contributed by atoms with Crippen LogP contribution in [0.5, 0.6) is 0 Å². The van der Waals surface area contributed by atoms with Gasteiger partial charge in [-0.15, -0.1) is 0 Å². The molecule has 2 aliphatic heterocycles. The fraction of sp³-hybridized carbons (Fsp3) is 0.128. The SMILES string of the molecule is CC1(C)C(/C=C/C=C2/N(c3ccc(S(=O)(=O)O)cc3-c3ccc(S(=O)(=O)O)cc3)c3ccccc3C2(C)C)=[N+](c2ccc(S(=O)(=O)O)cc2-c2ccc(S(=O)(=O)O)cc2)c2ccccc21. The van der Waals surface area contributed by atoms with Crippen LogP contribution in [-0.4, -0.2) is 57.6 Å². The van der Waals surface area contributed by atoms with E-state index in [1.807, 2.05) is 104 Å². The van der Waals surface area contributed by atoms with E-state index in [0.717, 1.165) is 33.9 Å². The summed E-state index contributed by atoms with van der Waals surface area (Å²) in [5.41, 5.74) is 5.89. The zero-order valence-corrected chi connectivity index (χ0v) is 38.3. The minimum atomic E-state index is -4.69. The predicted octanol–water partition coefficient (Wildman–Crippen LogP) is 9.14. The molecular formula is C47H41N2O12S4+. The molecule has 334 valence electrons.